The van der Waals surface area contributed by atoms with E-state index in [0.29, 0.717) is 6.20 Å². The Kier molecular flexibility index (Phi) is 4.47. The fourth-order valence-electron chi connectivity index (χ4n) is 1.06. The minimum atomic E-state index is -5.11. The molecule has 0 radical (unpaired) electrons. The second-order valence-electron chi connectivity index (χ2n) is 2.82. The van der Waals surface area contributed by atoms with E-state index in [-0.39, 0.29) is 3.70 Å². The van der Waals surface area contributed by atoms with E-state index in [1.807, 2.05) is 0 Å². The van der Waals surface area contributed by atoms with Crippen molar-refractivity contribution >= 4 is 22.6 Å². The molecule has 0 spiro atoms. The third kappa shape index (κ3) is 3.63. The summed E-state index contributed by atoms with van der Waals surface area (Å²) in [5.41, 5.74) is -1.42. The van der Waals surface area contributed by atoms with Gasteiger partial charge in [0.1, 0.15) is 9.45 Å². The van der Waals surface area contributed by atoms with Crippen molar-refractivity contribution in [3.8, 4) is 5.75 Å². The summed E-state index contributed by atoms with van der Waals surface area (Å²) in [6.07, 6.45) is -7.70. The van der Waals surface area contributed by atoms with Crippen molar-refractivity contribution in [1.29, 1.82) is 0 Å². The lowest BCUT2D eigenvalue weighted by atomic mass is 10.2. The maximum atomic E-state index is 12.5. The van der Waals surface area contributed by atoms with Crippen molar-refractivity contribution < 1.29 is 31.8 Å². The van der Waals surface area contributed by atoms with Crippen molar-refractivity contribution in [3.63, 3.8) is 0 Å². The monoisotopic (exact) mass is 369 g/mol. The highest BCUT2D eigenvalue weighted by atomic mass is 127. The number of rotatable bonds is 3. The maximum Gasteiger partial charge on any atom is 0.573 e. The molecule has 1 N–H and O–H groups in total. The normalized spacial score (nSPS) is 12.0. The van der Waals surface area contributed by atoms with Gasteiger partial charge in [0.25, 0.3) is 6.43 Å². The number of nitrogens with zero attached hydrogens (tertiary/aromatic N) is 1. The van der Waals surface area contributed by atoms with E-state index < -0.39 is 36.3 Å². The number of aromatic nitrogens is 1. The fourth-order valence-corrected chi connectivity index (χ4v) is 1.61. The molecule has 17 heavy (non-hydrogen) atoms. The summed E-state index contributed by atoms with van der Waals surface area (Å²) >= 11 is 1.51. The first-order valence-electron chi connectivity index (χ1n) is 4.08. The van der Waals surface area contributed by atoms with Crippen molar-refractivity contribution in [2.24, 2.45) is 0 Å². The van der Waals surface area contributed by atoms with E-state index in [4.69, 9.17) is 5.11 Å². The quantitative estimate of drug-likeness (QED) is 0.506. The van der Waals surface area contributed by atoms with Crippen LogP contribution in [0.5, 0.6) is 5.75 Å². The molecule has 0 amide bonds. The summed E-state index contributed by atoms with van der Waals surface area (Å²) in [4.78, 5) is 3.46. The number of aliphatic hydroxyl groups is 1. The molecule has 3 nitrogen and oxygen atoms in total. The summed E-state index contributed by atoms with van der Waals surface area (Å²) in [6.45, 7) is -0.878. The van der Waals surface area contributed by atoms with Crippen LogP contribution in [0.1, 0.15) is 17.6 Å². The minimum absolute atomic E-state index is 0.0336. The standard InChI is InChI=1S/C8H5F5INO2/c9-6(10)3-1-15-7(14)4(2-16)5(3)17-8(11,12)13/h1,6,16H,2H2. The summed E-state index contributed by atoms with van der Waals surface area (Å²) in [6, 6.07) is 0. The van der Waals surface area contributed by atoms with E-state index in [9.17, 15) is 22.0 Å². The Morgan fingerprint density at radius 1 is 1.41 bits per heavy atom. The van der Waals surface area contributed by atoms with Crippen molar-refractivity contribution in [3.05, 3.63) is 21.0 Å². The fraction of sp³-hybridized carbons (Fsp3) is 0.375. The minimum Gasteiger partial charge on any atom is -0.405 e. The number of pyridine rings is 1. The molecule has 0 atom stereocenters. The number of hydrogen-bond donors (Lipinski definition) is 1. The van der Waals surface area contributed by atoms with Crippen molar-refractivity contribution in [1.82, 2.24) is 4.98 Å². The molecule has 1 heterocycles. The molecule has 0 unspecified atom stereocenters. The summed E-state index contributed by atoms with van der Waals surface area (Å²) < 4.78 is 64.6. The second kappa shape index (κ2) is 5.29. The molecular formula is C8H5F5INO2. The van der Waals surface area contributed by atoms with E-state index in [1.54, 1.807) is 0 Å². The number of halogens is 6. The van der Waals surface area contributed by atoms with Crippen LogP contribution >= 0.6 is 22.6 Å². The van der Waals surface area contributed by atoms with E-state index >= 15 is 0 Å². The lowest BCUT2D eigenvalue weighted by molar-refractivity contribution is -0.275. The lowest BCUT2D eigenvalue weighted by Gasteiger charge is -2.16. The van der Waals surface area contributed by atoms with Gasteiger partial charge in [0.05, 0.1) is 17.7 Å². The molecule has 0 saturated carbocycles. The zero-order valence-corrected chi connectivity index (χ0v) is 10.1. The molecule has 96 valence electrons. The summed E-state index contributed by atoms with van der Waals surface area (Å²) in [5.74, 6) is -1.09. The van der Waals surface area contributed by atoms with Crippen molar-refractivity contribution in [2.45, 2.75) is 19.4 Å². The van der Waals surface area contributed by atoms with Gasteiger partial charge in [-0.2, -0.15) is 0 Å². The van der Waals surface area contributed by atoms with Crippen LogP contribution in [0.2, 0.25) is 0 Å². The van der Waals surface area contributed by atoms with Crippen LogP contribution in [0.3, 0.4) is 0 Å². The zero-order valence-electron chi connectivity index (χ0n) is 7.93. The van der Waals surface area contributed by atoms with E-state index in [0.717, 1.165) is 0 Å². The Balaban J connectivity index is 3.34. The Morgan fingerprint density at radius 3 is 2.41 bits per heavy atom. The van der Waals surface area contributed by atoms with Crippen LogP contribution in [0.25, 0.3) is 0 Å². The molecule has 1 aromatic heterocycles. The van der Waals surface area contributed by atoms with Gasteiger partial charge >= 0.3 is 6.36 Å². The zero-order chi connectivity index (χ0) is 13.2. The first kappa shape index (κ1) is 14.4. The van der Waals surface area contributed by atoms with Crippen molar-refractivity contribution in [2.75, 3.05) is 0 Å². The van der Waals surface area contributed by atoms with Gasteiger partial charge in [-0.05, 0) is 22.6 Å². The third-order valence-corrected chi connectivity index (χ3v) is 2.64. The number of ether oxygens (including phenoxy) is 1. The maximum absolute atomic E-state index is 12.5. The lowest BCUT2D eigenvalue weighted by Crippen LogP contribution is -2.20. The van der Waals surface area contributed by atoms with Crippen LogP contribution < -0.4 is 4.74 Å². The molecule has 1 aromatic rings. The molecule has 9 heteroatoms. The van der Waals surface area contributed by atoms with Crippen LogP contribution in [0.4, 0.5) is 22.0 Å². The second-order valence-corrected chi connectivity index (χ2v) is 3.84. The van der Waals surface area contributed by atoms with Crippen LogP contribution in [0.15, 0.2) is 6.20 Å². The summed E-state index contributed by atoms with van der Waals surface area (Å²) in [5, 5.41) is 8.87. The molecule has 0 aliphatic heterocycles. The van der Waals surface area contributed by atoms with E-state index in [2.05, 4.69) is 9.72 Å². The molecule has 0 saturated heterocycles. The highest BCUT2D eigenvalue weighted by molar-refractivity contribution is 14.1. The molecule has 0 aliphatic rings. The highest BCUT2D eigenvalue weighted by Gasteiger charge is 2.35. The highest BCUT2D eigenvalue weighted by Crippen LogP contribution is 2.36. The summed E-state index contributed by atoms with van der Waals surface area (Å²) in [7, 11) is 0. The Bertz CT molecular complexity index is 410. The predicted molar refractivity (Wildman–Crippen MR) is 54.5 cm³/mol. The van der Waals surface area contributed by atoms with Gasteiger partial charge < -0.3 is 9.84 Å². The molecule has 0 aromatic carbocycles. The Morgan fingerprint density at radius 2 is 2.00 bits per heavy atom. The van der Waals surface area contributed by atoms with Crippen LogP contribution in [-0.2, 0) is 6.61 Å². The van der Waals surface area contributed by atoms with Gasteiger partial charge in [-0.1, -0.05) is 0 Å². The van der Waals surface area contributed by atoms with Gasteiger partial charge in [0, 0.05) is 6.20 Å². The van der Waals surface area contributed by atoms with Gasteiger partial charge in [-0.3, -0.25) is 0 Å². The average Bonchev–Trinajstić information content (AvgIpc) is 2.15. The predicted octanol–water partition coefficient (Wildman–Crippen LogP) is 3.01. The molecular weight excluding hydrogens is 364 g/mol. The van der Waals surface area contributed by atoms with Gasteiger partial charge in [0.15, 0.2) is 0 Å². The smallest absolute Gasteiger partial charge is 0.405 e. The van der Waals surface area contributed by atoms with Crippen LogP contribution in [-0.4, -0.2) is 16.5 Å². The largest absolute Gasteiger partial charge is 0.573 e. The number of hydrogen-bond acceptors (Lipinski definition) is 3. The molecule has 0 bridgehead atoms. The molecule has 0 aliphatic carbocycles. The van der Waals surface area contributed by atoms with Gasteiger partial charge in [0.2, 0.25) is 0 Å². The first-order chi connectivity index (χ1) is 7.76. The molecule has 1 rings (SSSR count). The third-order valence-electron chi connectivity index (χ3n) is 1.71. The molecule has 0 fully saturated rings. The Hall–Kier alpha value is -0.710. The average molecular weight is 369 g/mol. The van der Waals surface area contributed by atoms with Gasteiger partial charge in [-0.15, -0.1) is 13.2 Å². The van der Waals surface area contributed by atoms with E-state index in [1.165, 1.54) is 22.6 Å². The topological polar surface area (TPSA) is 42.4 Å². The van der Waals surface area contributed by atoms with Crippen LogP contribution in [0, 0.1) is 3.70 Å². The number of aliphatic hydroxyl groups excluding tert-OH is 1. The number of alkyl halides is 5. The van der Waals surface area contributed by atoms with Gasteiger partial charge in [-0.25, -0.2) is 13.8 Å². The Labute approximate surface area is 106 Å². The SMILES string of the molecule is OCc1c(I)ncc(C(F)F)c1OC(F)(F)F. The first-order valence-corrected chi connectivity index (χ1v) is 5.16.